The molecule has 1 saturated heterocycles. The van der Waals surface area contributed by atoms with E-state index in [9.17, 15) is 13.2 Å². The molecule has 0 N–H and O–H groups in total. The quantitative estimate of drug-likeness (QED) is 0.737. The van der Waals surface area contributed by atoms with Crippen LogP contribution in [0.15, 0.2) is 27.6 Å². The number of hydrogen-bond acceptors (Lipinski definition) is 3. The van der Waals surface area contributed by atoms with Crippen LogP contribution in [-0.4, -0.2) is 49.2 Å². The van der Waals surface area contributed by atoms with Gasteiger partial charge in [0.25, 0.3) is 5.91 Å². The molecule has 134 valence electrons. The highest BCUT2D eigenvalue weighted by Gasteiger charge is 2.31. The van der Waals surface area contributed by atoms with E-state index in [1.165, 1.54) is 6.07 Å². The second kappa shape index (κ2) is 7.97. The van der Waals surface area contributed by atoms with Gasteiger partial charge in [0, 0.05) is 30.1 Å². The standard InChI is InChI=1S/C17H25BrN2O3S/c1-4-19(5-2)17(21)15-12-14(9-10-16(15)18)24(22,23)20-11-7-6-8-13(20)3/h9-10,12-13H,4-8,11H2,1-3H3. The SMILES string of the molecule is CCN(CC)C(=O)c1cc(S(=O)(=O)N2CCCCC2C)ccc1Br. The highest BCUT2D eigenvalue weighted by molar-refractivity contribution is 9.10. The molecule has 2 rings (SSSR count). The van der Waals surface area contributed by atoms with Crippen LogP contribution in [0.25, 0.3) is 0 Å². The molecule has 1 aromatic rings. The number of carbonyl (C=O) groups excluding carboxylic acids is 1. The normalized spacial score (nSPS) is 19.2. The second-order valence-corrected chi connectivity index (χ2v) is 8.82. The lowest BCUT2D eigenvalue weighted by Gasteiger charge is -2.32. The average molecular weight is 417 g/mol. The maximum Gasteiger partial charge on any atom is 0.255 e. The number of nitrogens with zero attached hydrogens (tertiary/aromatic N) is 2. The molecule has 1 unspecified atom stereocenters. The number of benzene rings is 1. The van der Waals surface area contributed by atoms with Crippen LogP contribution in [0, 0.1) is 0 Å². The summed E-state index contributed by atoms with van der Waals surface area (Å²) in [5.41, 5.74) is 0.393. The van der Waals surface area contributed by atoms with Crippen molar-refractivity contribution in [3.05, 3.63) is 28.2 Å². The van der Waals surface area contributed by atoms with Crippen molar-refractivity contribution >= 4 is 31.9 Å². The third kappa shape index (κ3) is 3.83. The smallest absolute Gasteiger partial charge is 0.255 e. The van der Waals surface area contributed by atoms with Gasteiger partial charge >= 0.3 is 0 Å². The van der Waals surface area contributed by atoms with Crippen molar-refractivity contribution in [2.45, 2.75) is 51.0 Å². The van der Waals surface area contributed by atoms with Crippen LogP contribution >= 0.6 is 15.9 Å². The molecule has 7 heteroatoms. The first kappa shape index (κ1) is 19.4. The Balaban J connectivity index is 2.41. The molecule has 1 atom stereocenters. The number of carbonyl (C=O) groups is 1. The Bertz CT molecular complexity index is 702. The summed E-state index contributed by atoms with van der Waals surface area (Å²) in [4.78, 5) is 14.5. The molecule has 0 bridgehead atoms. The van der Waals surface area contributed by atoms with Gasteiger partial charge in [-0.15, -0.1) is 0 Å². The first-order valence-corrected chi connectivity index (χ1v) is 10.7. The first-order valence-electron chi connectivity index (χ1n) is 8.43. The maximum atomic E-state index is 13.0. The van der Waals surface area contributed by atoms with Crippen molar-refractivity contribution in [1.29, 1.82) is 0 Å². The average Bonchev–Trinajstić information content (AvgIpc) is 2.56. The van der Waals surface area contributed by atoms with Gasteiger partial charge in [-0.3, -0.25) is 4.79 Å². The summed E-state index contributed by atoms with van der Waals surface area (Å²) in [5, 5.41) is 0. The summed E-state index contributed by atoms with van der Waals surface area (Å²) in [6.07, 6.45) is 2.81. The number of rotatable bonds is 5. The Morgan fingerprint density at radius 2 is 1.96 bits per heavy atom. The summed E-state index contributed by atoms with van der Waals surface area (Å²) in [5.74, 6) is -0.157. The van der Waals surface area contributed by atoms with Crippen molar-refractivity contribution in [2.24, 2.45) is 0 Å². The fourth-order valence-electron chi connectivity index (χ4n) is 3.07. The van der Waals surface area contributed by atoms with E-state index in [2.05, 4.69) is 15.9 Å². The van der Waals surface area contributed by atoms with Crippen LogP contribution in [-0.2, 0) is 10.0 Å². The van der Waals surface area contributed by atoms with Crippen molar-refractivity contribution in [2.75, 3.05) is 19.6 Å². The number of sulfonamides is 1. The lowest BCUT2D eigenvalue weighted by atomic mass is 10.1. The van der Waals surface area contributed by atoms with Crippen molar-refractivity contribution in [3.63, 3.8) is 0 Å². The molecular formula is C17H25BrN2O3S. The maximum absolute atomic E-state index is 13.0. The van der Waals surface area contributed by atoms with E-state index in [-0.39, 0.29) is 16.8 Å². The fourth-order valence-corrected chi connectivity index (χ4v) is 5.22. The van der Waals surface area contributed by atoms with Crippen LogP contribution in [0.3, 0.4) is 0 Å². The molecule has 1 aliphatic rings. The van der Waals surface area contributed by atoms with E-state index in [4.69, 9.17) is 0 Å². The van der Waals surface area contributed by atoms with Crippen molar-refractivity contribution in [3.8, 4) is 0 Å². The highest BCUT2D eigenvalue weighted by atomic mass is 79.9. The number of hydrogen-bond donors (Lipinski definition) is 0. The number of halogens is 1. The van der Waals surface area contributed by atoms with E-state index in [0.717, 1.165) is 19.3 Å². The van der Waals surface area contributed by atoms with Crippen molar-refractivity contribution < 1.29 is 13.2 Å². The van der Waals surface area contributed by atoms with E-state index >= 15 is 0 Å². The van der Waals surface area contributed by atoms with Crippen LogP contribution in [0.5, 0.6) is 0 Å². The van der Waals surface area contributed by atoms with Crippen molar-refractivity contribution in [1.82, 2.24) is 9.21 Å². The van der Waals surface area contributed by atoms with E-state index < -0.39 is 10.0 Å². The van der Waals surface area contributed by atoms with Gasteiger partial charge in [0.1, 0.15) is 0 Å². The van der Waals surface area contributed by atoms with Crippen LogP contribution in [0.2, 0.25) is 0 Å². The lowest BCUT2D eigenvalue weighted by molar-refractivity contribution is 0.0772. The molecular weight excluding hydrogens is 392 g/mol. The van der Waals surface area contributed by atoms with E-state index in [0.29, 0.717) is 29.7 Å². The molecule has 0 radical (unpaired) electrons. The largest absolute Gasteiger partial charge is 0.339 e. The summed E-state index contributed by atoms with van der Waals surface area (Å²) < 4.78 is 28.1. The molecule has 1 fully saturated rings. The number of amides is 1. The van der Waals surface area contributed by atoms with Gasteiger partial charge in [-0.05, 0) is 67.7 Å². The summed E-state index contributed by atoms with van der Waals surface area (Å²) in [6.45, 7) is 7.47. The minimum absolute atomic E-state index is 0.00525. The van der Waals surface area contributed by atoms with Gasteiger partial charge in [-0.1, -0.05) is 6.42 Å². The van der Waals surface area contributed by atoms with E-state index in [1.54, 1.807) is 21.3 Å². The fraction of sp³-hybridized carbons (Fsp3) is 0.588. The molecule has 1 aliphatic heterocycles. The van der Waals surface area contributed by atoms with E-state index in [1.807, 2.05) is 20.8 Å². The molecule has 0 aromatic heterocycles. The predicted molar refractivity (Wildman–Crippen MR) is 98.6 cm³/mol. The summed E-state index contributed by atoms with van der Waals surface area (Å²) >= 11 is 3.38. The zero-order chi connectivity index (χ0) is 17.9. The third-order valence-electron chi connectivity index (χ3n) is 4.57. The highest BCUT2D eigenvalue weighted by Crippen LogP contribution is 2.28. The van der Waals surface area contributed by atoms with Crippen LogP contribution < -0.4 is 0 Å². The molecule has 0 saturated carbocycles. The monoisotopic (exact) mass is 416 g/mol. The number of piperidine rings is 1. The zero-order valence-corrected chi connectivity index (χ0v) is 16.9. The van der Waals surface area contributed by atoms with Crippen LogP contribution in [0.1, 0.15) is 50.4 Å². The molecule has 5 nitrogen and oxygen atoms in total. The molecule has 0 aliphatic carbocycles. The van der Waals surface area contributed by atoms with Gasteiger partial charge in [-0.2, -0.15) is 4.31 Å². The second-order valence-electron chi connectivity index (χ2n) is 6.08. The third-order valence-corrected chi connectivity index (χ3v) is 7.27. The molecule has 1 heterocycles. The molecule has 1 aromatic carbocycles. The molecule has 0 spiro atoms. The Kier molecular flexibility index (Phi) is 6.45. The minimum atomic E-state index is -3.58. The Morgan fingerprint density at radius 1 is 1.29 bits per heavy atom. The Hall–Kier alpha value is -0.920. The zero-order valence-electron chi connectivity index (χ0n) is 14.5. The van der Waals surface area contributed by atoms with Crippen LogP contribution in [0.4, 0.5) is 0 Å². The van der Waals surface area contributed by atoms with Gasteiger partial charge in [0.2, 0.25) is 10.0 Å². The van der Waals surface area contributed by atoms with Gasteiger partial charge in [-0.25, -0.2) is 8.42 Å². The van der Waals surface area contributed by atoms with Gasteiger partial charge in [0.05, 0.1) is 10.5 Å². The topological polar surface area (TPSA) is 57.7 Å². The Labute approximate surface area is 153 Å². The molecule has 1 amide bonds. The summed E-state index contributed by atoms with van der Waals surface area (Å²) in [7, 11) is -3.58. The molecule has 24 heavy (non-hydrogen) atoms. The summed E-state index contributed by atoms with van der Waals surface area (Å²) in [6, 6.07) is 4.72. The van der Waals surface area contributed by atoms with Gasteiger partial charge < -0.3 is 4.90 Å². The Morgan fingerprint density at radius 3 is 2.54 bits per heavy atom. The predicted octanol–water partition coefficient (Wildman–Crippen LogP) is 3.49. The van der Waals surface area contributed by atoms with Gasteiger partial charge in [0.15, 0.2) is 0 Å². The minimum Gasteiger partial charge on any atom is -0.339 e. The lowest BCUT2D eigenvalue weighted by Crippen LogP contribution is -2.42. The first-order chi connectivity index (χ1) is 11.3.